The Balaban J connectivity index is 2.30. The van der Waals surface area contributed by atoms with E-state index in [0.29, 0.717) is 18.9 Å². The topological polar surface area (TPSA) is 87.2 Å². The minimum atomic E-state index is -0.882. The quantitative estimate of drug-likeness (QED) is 0.776. The Morgan fingerprint density at radius 2 is 2.21 bits per heavy atom. The highest BCUT2D eigenvalue weighted by atomic mass is 16.2. The summed E-state index contributed by atoms with van der Waals surface area (Å²) in [4.78, 5) is 33.9. The van der Waals surface area contributed by atoms with Gasteiger partial charge in [0.2, 0.25) is 5.91 Å². The van der Waals surface area contributed by atoms with Crippen molar-refractivity contribution in [3.63, 3.8) is 0 Å². The van der Waals surface area contributed by atoms with Crippen molar-refractivity contribution in [2.75, 3.05) is 25.5 Å². The summed E-state index contributed by atoms with van der Waals surface area (Å²) in [5.41, 5.74) is -0.651. The number of carbonyl (C=O) groups is 2. The number of anilines is 1. The third-order valence-corrected chi connectivity index (χ3v) is 3.21. The van der Waals surface area contributed by atoms with Crippen LogP contribution in [0.2, 0.25) is 0 Å². The minimum absolute atomic E-state index is 0.162. The van der Waals surface area contributed by atoms with Crippen LogP contribution in [0, 0.1) is 0 Å². The highest BCUT2D eigenvalue weighted by Gasteiger charge is 2.41. The van der Waals surface area contributed by atoms with Crippen LogP contribution in [0.4, 0.5) is 5.82 Å². The van der Waals surface area contributed by atoms with E-state index >= 15 is 0 Å². The second-order valence-electron chi connectivity index (χ2n) is 4.81. The number of nitrogens with one attached hydrogen (secondary N) is 2. The molecule has 0 bridgehead atoms. The van der Waals surface area contributed by atoms with Gasteiger partial charge in [-0.3, -0.25) is 14.6 Å². The zero-order chi connectivity index (χ0) is 14.0. The fourth-order valence-corrected chi connectivity index (χ4v) is 1.98. The lowest BCUT2D eigenvalue weighted by molar-refractivity contribution is -0.133. The van der Waals surface area contributed by atoms with Gasteiger partial charge in [-0.2, -0.15) is 0 Å². The van der Waals surface area contributed by atoms with E-state index in [2.05, 4.69) is 20.6 Å². The lowest BCUT2D eigenvalue weighted by Crippen LogP contribution is -2.63. The maximum atomic E-state index is 12.4. The number of aromatic nitrogens is 2. The van der Waals surface area contributed by atoms with Gasteiger partial charge in [-0.1, -0.05) is 0 Å². The largest absolute Gasteiger partial charge is 0.372 e. The van der Waals surface area contributed by atoms with Gasteiger partial charge in [0, 0.05) is 20.1 Å². The summed E-state index contributed by atoms with van der Waals surface area (Å²) in [5.74, 6) is 0.0689. The Morgan fingerprint density at radius 1 is 1.47 bits per heavy atom. The van der Waals surface area contributed by atoms with Crippen molar-refractivity contribution in [1.29, 1.82) is 0 Å². The number of hydrogen-bond donors (Lipinski definition) is 2. The monoisotopic (exact) mass is 263 g/mol. The van der Waals surface area contributed by atoms with Crippen LogP contribution in [0.1, 0.15) is 24.3 Å². The van der Waals surface area contributed by atoms with E-state index in [9.17, 15) is 9.59 Å². The molecule has 2 N–H and O–H groups in total. The van der Waals surface area contributed by atoms with Gasteiger partial charge < -0.3 is 15.5 Å². The van der Waals surface area contributed by atoms with Crippen molar-refractivity contribution in [2.45, 2.75) is 19.4 Å². The fourth-order valence-electron chi connectivity index (χ4n) is 1.98. The van der Waals surface area contributed by atoms with Crippen molar-refractivity contribution in [2.24, 2.45) is 0 Å². The Kier molecular flexibility index (Phi) is 3.37. The molecule has 1 saturated heterocycles. The van der Waals surface area contributed by atoms with E-state index in [-0.39, 0.29) is 17.5 Å². The predicted molar refractivity (Wildman–Crippen MR) is 69.7 cm³/mol. The molecule has 7 heteroatoms. The smallest absolute Gasteiger partial charge is 0.275 e. The first-order chi connectivity index (χ1) is 8.96. The minimum Gasteiger partial charge on any atom is -0.372 e. The normalized spacial score (nSPS) is 17.8. The molecule has 0 atom stereocenters. The maximum absolute atomic E-state index is 12.4. The van der Waals surface area contributed by atoms with Crippen LogP contribution in [0.3, 0.4) is 0 Å². The van der Waals surface area contributed by atoms with Crippen LogP contribution in [0.5, 0.6) is 0 Å². The molecule has 1 aromatic heterocycles. The number of nitrogens with zero attached hydrogens (tertiary/aromatic N) is 3. The SMILES string of the molecule is CNc1cncc(C(=O)N2CCNC(=O)C2(C)C)n1. The van der Waals surface area contributed by atoms with E-state index in [1.165, 1.54) is 17.3 Å². The second kappa shape index (κ2) is 4.83. The molecule has 2 rings (SSSR count). The average molecular weight is 263 g/mol. The Morgan fingerprint density at radius 3 is 2.89 bits per heavy atom. The van der Waals surface area contributed by atoms with Gasteiger partial charge in [0.15, 0.2) is 0 Å². The molecule has 0 spiro atoms. The molecule has 102 valence electrons. The molecule has 7 nitrogen and oxygen atoms in total. The maximum Gasteiger partial charge on any atom is 0.275 e. The predicted octanol–water partition coefficient (Wildman–Crippen LogP) is -0.131. The van der Waals surface area contributed by atoms with Crippen LogP contribution in [-0.2, 0) is 4.79 Å². The van der Waals surface area contributed by atoms with Crippen LogP contribution >= 0.6 is 0 Å². The first-order valence-corrected chi connectivity index (χ1v) is 6.07. The van der Waals surface area contributed by atoms with Crippen LogP contribution in [0.15, 0.2) is 12.4 Å². The van der Waals surface area contributed by atoms with Crippen molar-refractivity contribution in [1.82, 2.24) is 20.2 Å². The summed E-state index contributed by atoms with van der Waals surface area (Å²) >= 11 is 0. The van der Waals surface area contributed by atoms with Gasteiger partial charge in [0.25, 0.3) is 5.91 Å². The van der Waals surface area contributed by atoms with Gasteiger partial charge in [-0.05, 0) is 13.8 Å². The van der Waals surface area contributed by atoms with Gasteiger partial charge in [0.05, 0.1) is 12.4 Å². The van der Waals surface area contributed by atoms with Gasteiger partial charge in [0.1, 0.15) is 17.1 Å². The number of rotatable bonds is 2. The van der Waals surface area contributed by atoms with Crippen molar-refractivity contribution in [3.8, 4) is 0 Å². The zero-order valence-corrected chi connectivity index (χ0v) is 11.2. The first kappa shape index (κ1) is 13.3. The zero-order valence-electron chi connectivity index (χ0n) is 11.2. The molecule has 1 aliphatic rings. The van der Waals surface area contributed by atoms with Crippen molar-refractivity contribution >= 4 is 17.6 Å². The Labute approximate surface area is 111 Å². The summed E-state index contributed by atoms with van der Waals surface area (Å²) in [6, 6.07) is 0. The number of carbonyl (C=O) groups excluding carboxylic acids is 2. The summed E-state index contributed by atoms with van der Waals surface area (Å²) in [6.45, 7) is 4.35. The van der Waals surface area contributed by atoms with E-state index in [1.54, 1.807) is 20.9 Å². The number of amides is 2. The summed E-state index contributed by atoms with van der Waals surface area (Å²) in [7, 11) is 1.70. The molecular weight excluding hydrogens is 246 g/mol. The standard InChI is InChI=1S/C12H17N5O2/c1-12(2)11(19)15-4-5-17(12)10(18)8-6-14-7-9(13-3)16-8/h6-7H,4-5H2,1-3H3,(H,13,16)(H,15,19). The van der Waals surface area contributed by atoms with Crippen LogP contribution in [-0.4, -0.2) is 52.4 Å². The van der Waals surface area contributed by atoms with Crippen molar-refractivity contribution < 1.29 is 9.59 Å². The summed E-state index contributed by atoms with van der Waals surface area (Å²) in [6.07, 6.45) is 2.94. The molecule has 0 saturated carbocycles. The molecule has 0 unspecified atom stereocenters. The van der Waals surface area contributed by atoms with Gasteiger partial charge >= 0.3 is 0 Å². The molecule has 1 aromatic rings. The lowest BCUT2D eigenvalue weighted by Gasteiger charge is -2.40. The summed E-state index contributed by atoms with van der Waals surface area (Å²) < 4.78 is 0. The first-order valence-electron chi connectivity index (χ1n) is 6.07. The number of hydrogen-bond acceptors (Lipinski definition) is 5. The molecule has 0 radical (unpaired) electrons. The molecule has 2 heterocycles. The van der Waals surface area contributed by atoms with E-state index in [1.807, 2.05) is 0 Å². The molecule has 0 aliphatic carbocycles. The highest BCUT2D eigenvalue weighted by Crippen LogP contribution is 2.20. The van der Waals surface area contributed by atoms with Crippen molar-refractivity contribution in [3.05, 3.63) is 18.1 Å². The molecule has 1 fully saturated rings. The molecule has 19 heavy (non-hydrogen) atoms. The van der Waals surface area contributed by atoms with Gasteiger partial charge in [-0.15, -0.1) is 0 Å². The third kappa shape index (κ3) is 2.35. The van der Waals surface area contributed by atoms with E-state index in [4.69, 9.17) is 0 Å². The van der Waals surface area contributed by atoms with Crippen LogP contribution in [0.25, 0.3) is 0 Å². The third-order valence-electron chi connectivity index (χ3n) is 3.21. The Bertz CT molecular complexity index is 515. The highest BCUT2D eigenvalue weighted by molar-refractivity contribution is 5.98. The van der Waals surface area contributed by atoms with Crippen LogP contribution < -0.4 is 10.6 Å². The molecule has 1 aliphatic heterocycles. The summed E-state index contributed by atoms with van der Waals surface area (Å²) in [5, 5.41) is 5.58. The number of piperazine rings is 1. The van der Waals surface area contributed by atoms with E-state index < -0.39 is 5.54 Å². The lowest BCUT2D eigenvalue weighted by atomic mass is 9.98. The molecule has 2 amide bonds. The molecule has 0 aromatic carbocycles. The Hall–Kier alpha value is -2.18. The average Bonchev–Trinajstić information content (AvgIpc) is 2.41. The second-order valence-corrected chi connectivity index (χ2v) is 4.81. The van der Waals surface area contributed by atoms with E-state index in [0.717, 1.165) is 0 Å². The van der Waals surface area contributed by atoms with Gasteiger partial charge in [-0.25, -0.2) is 4.98 Å². The fraction of sp³-hybridized carbons (Fsp3) is 0.500. The molecular formula is C12H17N5O2.